The van der Waals surface area contributed by atoms with Crippen molar-refractivity contribution in [2.45, 2.75) is 38.6 Å². The van der Waals surface area contributed by atoms with Crippen molar-refractivity contribution in [3.05, 3.63) is 29.3 Å². The van der Waals surface area contributed by atoms with Crippen molar-refractivity contribution in [3.8, 4) is 5.75 Å². The number of carbonyl (C=O) groups excluding carboxylic acids is 1. The summed E-state index contributed by atoms with van der Waals surface area (Å²) in [5.74, 6) is 0.606. The summed E-state index contributed by atoms with van der Waals surface area (Å²) in [5, 5.41) is 13.7. The molecule has 2 N–H and O–H groups in total. The van der Waals surface area contributed by atoms with Crippen LogP contribution in [0.25, 0.3) is 0 Å². The minimum absolute atomic E-state index is 0.0775. The number of carbonyl (C=O) groups is 1. The summed E-state index contributed by atoms with van der Waals surface area (Å²) in [6.07, 6.45) is 4.62. The number of alkyl halides is 1. The van der Waals surface area contributed by atoms with Crippen LogP contribution in [0.5, 0.6) is 5.75 Å². The third kappa shape index (κ3) is 3.30. The molecule has 1 saturated carbocycles. The predicted molar refractivity (Wildman–Crippen MR) is 79.9 cm³/mol. The van der Waals surface area contributed by atoms with Crippen molar-refractivity contribution in [2.75, 3.05) is 5.33 Å². The minimum atomic E-state index is -0.0775. The fourth-order valence-electron chi connectivity index (χ4n) is 2.70. The zero-order valence-electron chi connectivity index (χ0n) is 11.2. The highest BCUT2D eigenvalue weighted by molar-refractivity contribution is 9.09. The Kier molecular flexibility index (Phi) is 4.86. The van der Waals surface area contributed by atoms with E-state index >= 15 is 0 Å². The van der Waals surface area contributed by atoms with Crippen molar-refractivity contribution in [1.29, 1.82) is 0 Å². The smallest absolute Gasteiger partial charge is 0.251 e. The third-order valence-electron chi connectivity index (χ3n) is 3.97. The molecule has 19 heavy (non-hydrogen) atoms. The first-order chi connectivity index (χ1) is 9.13. The Balaban J connectivity index is 2.09. The molecule has 0 saturated heterocycles. The van der Waals surface area contributed by atoms with Gasteiger partial charge in [0.1, 0.15) is 5.75 Å². The number of halogens is 1. The molecule has 0 bridgehead atoms. The molecule has 0 aromatic heterocycles. The van der Waals surface area contributed by atoms with Gasteiger partial charge in [0.15, 0.2) is 0 Å². The summed E-state index contributed by atoms with van der Waals surface area (Å²) in [6.45, 7) is 1.77. The van der Waals surface area contributed by atoms with Gasteiger partial charge in [-0.15, -0.1) is 0 Å². The van der Waals surface area contributed by atoms with Gasteiger partial charge in [-0.25, -0.2) is 0 Å². The molecular formula is C15H20BrNO2. The lowest BCUT2D eigenvalue weighted by atomic mass is 9.85. The van der Waals surface area contributed by atoms with Crippen molar-refractivity contribution >= 4 is 21.8 Å². The average molecular weight is 326 g/mol. The Hall–Kier alpha value is -1.03. The first-order valence-electron chi connectivity index (χ1n) is 6.79. The fourth-order valence-corrected chi connectivity index (χ4v) is 3.47. The second-order valence-electron chi connectivity index (χ2n) is 5.23. The van der Waals surface area contributed by atoms with Gasteiger partial charge >= 0.3 is 0 Å². The van der Waals surface area contributed by atoms with E-state index in [2.05, 4.69) is 21.2 Å². The van der Waals surface area contributed by atoms with Gasteiger partial charge in [0.2, 0.25) is 0 Å². The number of rotatable bonds is 3. The van der Waals surface area contributed by atoms with Crippen LogP contribution in [0.15, 0.2) is 18.2 Å². The number of nitrogens with one attached hydrogen (secondary N) is 1. The lowest BCUT2D eigenvalue weighted by Gasteiger charge is -2.31. The van der Waals surface area contributed by atoms with Crippen molar-refractivity contribution in [2.24, 2.45) is 5.92 Å². The quantitative estimate of drug-likeness (QED) is 0.837. The summed E-state index contributed by atoms with van der Waals surface area (Å²) in [4.78, 5) is 12.3. The summed E-state index contributed by atoms with van der Waals surface area (Å²) < 4.78 is 0. The summed E-state index contributed by atoms with van der Waals surface area (Å²) >= 11 is 3.53. The largest absolute Gasteiger partial charge is 0.508 e. The molecule has 3 nitrogen and oxygen atoms in total. The highest BCUT2D eigenvalue weighted by Crippen LogP contribution is 2.27. The maximum absolute atomic E-state index is 12.3. The number of aromatic hydroxyl groups is 1. The standard InChI is InChI=1S/C15H20BrNO2/c1-10-12(6-4-8-14(10)18)15(19)17-13-7-3-2-5-11(13)9-16/h4,6,8,11,13,18H,2-3,5,7,9H2,1H3,(H,17,19). The van der Waals surface area contributed by atoms with Crippen LogP contribution in [0.1, 0.15) is 41.6 Å². The van der Waals surface area contributed by atoms with Crippen LogP contribution in [0, 0.1) is 12.8 Å². The molecule has 1 aliphatic carbocycles. The Morgan fingerprint density at radius 3 is 2.89 bits per heavy atom. The molecule has 4 heteroatoms. The Labute approximate surface area is 122 Å². The van der Waals surface area contributed by atoms with Gasteiger partial charge in [-0.3, -0.25) is 4.79 Å². The molecule has 0 heterocycles. The Bertz CT molecular complexity index is 461. The lowest BCUT2D eigenvalue weighted by molar-refractivity contribution is 0.0910. The Morgan fingerprint density at radius 1 is 1.42 bits per heavy atom. The summed E-state index contributed by atoms with van der Waals surface area (Å²) in [5.41, 5.74) is 1.21. The number of hydrogen-bond acceptors (Lipinski definition) is 2. The maximum atomic E-state index is 12.3. The number of benzene rings is 1. The second-order valence-corrected chi connectivity index (χ2v) is 5.88. The first kappa shape index (κ1) is 14.4. The number of phenols is 1. The predicted octanol–water partition coefficient (Wildman–Crippen LogP) is 3.38. The van der Waals surface area contributed by atoms with Crippen LogP contribution >= 0.6 is 15.9 Å². The lowest BCUT2D eigenvalue weighted by Crippen LogP contribution is -2.42. The van der Waals surface area contributed by atoms with Crippen LogP contribution in [0.4, 0.5) is 0 Å². The third-order valence-corrected chi connectivity index (χ3v) is 4.81. The van der Waals surface area contributed by atoms with Crippen LogP contribution in [0.3, 0.4) is 0 Å². The Morgan fingerprint density at radius 2 is 2.16 bits per heavy atom. The monoisotopic (exact) mass is 325 g/mol. The van der Waals surface area contributed by atoms with Gasteiger partial charge < -0.3 is 10.4 Å². The minimum Gasteiger partial charge on any atom is -0.508 e. The summed E-state index contributed by atoms with van der Waals surface area (Å²) in [6, 6.07) is 5.31. The molecule has 2 unspecified atom stereocenters. The van der Waals surface area contributed by atoms with Gasteiger partial charge in [0.05, 0.1) is 0 Å². The van der Waals surface area contributed by atoms with Crippen LogP contribution in [-0.2, 0) is 0 Å². The molecule has 1 amide bonds. The van der Waals surface area contributed by atoms with Gasteiger partial charge in [-0.1, -0.05) is 34.8 Å². The average Bonchev–Trinajstić information content (AvgIpc) is 2.42. The van der Waals surface area contributed by atoms with E-state index in [4.69, 9.17) is 0 Å². The van der Waals surface area contributed by atoms with E-state index in [1.165, 1.54) is 12.8 Å². The van der Waals surface area contributed by atoms with Crippen LogP contribution in [-0.4, -0.2) is 22.4 Å². The molecule has 0 radical (unpaired) electrons. The summed E-state index contributed by atoms with van der Waals surface area (Å²) in [7, 11) is 0. The maximum Gasteiger partial charge on any atom is 0.251 e. The van der Waals surface area contributed by atoms with E-state index in [-0.39, 0.29) is 17.7 Å². The van der Waals surface area contributed by atoms with Gasteiger partial charge in [0, 0.05) is 22.5 Å². The van der Waals surface area contributed by atoms with Crippen LogP contribution in [0.2, 0.25) is 0 Å². The highest BCUT2D eigenvalue weighted by atomic mass is 79.9. The van der Waals surface area contributed by atoms with E-state index in [1.54, 1.807) is 25.1 Å². The zero-order chi connectivity index (χ0) is 13.8. The normalized spacial score (nSPS) is 23.1. The van der Waals surface area contributed by atoms with Crippen LogP contribution < -0.4 is 5.32 Å². The molecule has 1 aromatic carbocycles. The number of hydrogen-bond donors (Lipinski definition) is 2. The topological polar surface area (TPSA) is 49.3 Å². The van der Waals surface area contributed by atoms with E-state index in [0.29, 0.717) is 17.0 Å². The van der Waals surface area contributed by atoms with E-state index in [9.17, 15) is 9.90 Å². The molecule has 1 aliphatic rings. The van der Waals surface area contributed by atoms with E-state index in [1.807, 2.05) is 0 Å². The van der Waals surface area contributed by atoms with Gasteiger partial charge in [-0.2, -0.15) is 0 Å². The van der Waals surface area contributed by atoms with Crippen molar-refractivity contribution < 1.29 is 9.90 Å². The molecular weight excluding hydrogens is 306 g/mol. The van der Waals surface area contributed by atoms with Gasteiger partial charge in [0.25, 0.3) is 5.91 Å². The van der Waals surface area contributed by atoms with E-state index < -0.39 is 0 Å². The van der Waals surface area contributed by atoms with Crippen molar-refractivity contribution in [3.63, 3.8) is 0 Å². The SMILES string of the molecule is Cc1c(O)cccc1C(=O)NC1CCCCC1CBr. The molecule has 0 spiro atoms. The van der Waals surface area contributed by atoms with E-state index in [0.717, 1.165) is 18.2 Å². The second kappa shape index (κ2) is 6.42. The van der Waals surface area contributed by atoms with Gasteiger partial charge in [-0.05, 0) is 37.8 Å². The number of phenolic OH excluding ortho intramolecular Hbond substituents is 1. The molecule has 2 atom stereocenters. The van der Waals surface area contributed by atoms with Crippen molar-refractivity contribution in [1.82, 2.24) is 5.32 Å². The fraction of sp³-hybridized carbons (Fsp3) is 0.533. The number of amides is 1. The molecule has 1 fully saturated rings. The zero-order valence-corrected chi connectivity index (χ0v) is 12.7. The highest BCUT2D eigenvalue weighted by Gasteiger charge is 2.26. The first-order valence-corrected chi connectivity index (χ1v) is 7.91. The molecule has 0 aliphatic heterocycles. The molecule has 2 rings (SSSR count). The molecule has 1 aromatic rings. The molecule has 104 valence electrons.